The minimum Gasteiger partial charge on any atom is -0.497 e. The van der Waals surface area contributed by atoms with E-state index in [2.05, 4.69) is 28.1 Å². The van der Waals surface area contributed by atoms with E-state index in [-0.39, 0.29) is 24.0 Å². The molecule has 1 aromatic rings. The van der Waals surface area contributed by atoms with Gasteiger partial charge in [0.1, 0.15) is 11.5 Å². The van der Waals surface area contributed by atoms with E-state index in [0.717, 1.165) is 88.5 Å². The summed E-state index contributed by atoms with van der Waals surface area (Å²) in [6.07, 6.45) is 0.957. The Labute approximate surface area is 192 Å². The van der Waals surface area contributed by atoms with Crippen molar-refractivity contribution in [2.24, 2.45) is 4.99 Å². The predicted octanol–water partition coefficient (Wildman–Crippen LogP) is 2.83. The van der Waals surface area contributed by atoms with Crippen LogP contribution in [0.1, 0.15) is 25.8 Å². The number of rotatable bonds is 10. The van der Waals surface area contributed by atoms with Gasteiger partial charge in [-0.15, -0.1) is 24.0 Å². The molecule has 0 spiro atoms. The molecule has 8 heteroatoms. The van der Waals surface area contributed by atoms with E-state index in [0.29, 0.717) is 0 Å². The van der Waals surface area contributed by atoms with Crippen molar-refractivity contribution in [3.63, 3.8) is 0 Å². The fraction of sp³-hybridized carbons (Fsp3) is 0.667. The van der Waals surface area contributed by atoms with Gasteiger partial charge in [-0.1, -0.05) is 0 Å². The van der Waals surface area contributed by atoms with Crippen LogP contribution in [-0.2, 0) is 11.3 Å². The standard InChI is InChI=1S/C21H36N4O3.HI/c1-5-22-21(23-10-7-15-28-6-2)25-13-11-24(12-14-25)17-18-16-19(26-3)8-9-20(18)27-4;/h8-9,16H,5-7,10-15,17H2,1-4H3,(H,22,23);1H. The maximum Gasteiger partial charge on any atom is 0.194 e. The van der Waals surface area contributed by atoms with E-state index in [1.165, 1.54) is 0 Å². The summed E-state index contributed by atoms with van der Waals surface area (Å²) in [6, 6.07) is 5.97. The first-order valence-corrected chi connectivity index (χ1v) is 10.3. The van der Waals surface area contributed by atoms with Gasteiger partial charge in [0.2, 0.25) is 0 Å². The van der Waals surface area contributed by atoms with Gasteiger partial charge in [-0.25, -0.2) is 0 Å². The van der Waals surface area contributed by atoms with E-state index in [9.17, 15) is 0 Å². The van der Waals surface area contributed by atoms with Crippen LogP contribution in [0.5, 0.6) is 11.5 Å². The maximum absolute atomic E-state index is 5.52. The van der Waals surface area contributed by atoms with Crippen LogP contribution in [0.4, 0.5) is 0 Å². The van der Waals surface area contributed by atoms with Crippen molar-refractivity contribution in [2.45, 2.75) is 26.8 Å². The summed E-state index contributed by atoms with van der Waals surface area (Å²) >= 11 is 0. The second-order valence-corrected chi connectivity index (χ2v) is 6.73. The number of hydrogen-bond acceptors (Lipinski definition) is 5. The Morgan fingerprint density at radius 3 is 2.48 bits per heavy atom. The van der Waals surface area contributed by atoms with Crippen LogP contribution in [0.3, 0.4) is 0 Å². The number of ether oxygens (including phenoxy) is 3. The molecule has 0 aromatic heterocycles. The number of guanidine groups is 1. The summed E-state index contributed by atoms with van der Waals surface area (Å²) < 4.78 is 16.3. The van der Waals surface area contributed by atoms with Crippen molar-refractivity contribution >= 4 is 29.9 Å². The van der Waals surface area contributed by atoms with Gasteiger partial charge < -0.3 is 24.4 Å². The highest BCUT2D eigenvalue weighted by Gasteiger charge is 2.20. The average Bonchev–Trinajstić information content (AvgIpc) is 2.73. The molecule has 0 radical (unpaired) electrons. The fourth-order valence-electron chi connectivity index (χ4n) is 3.29. The molecule has 7 nitrogen and oxygen atoms in total. The van der Waals surface area contributed by atoms with Crippen molar-refractivity contribution in [1.29, 1.82) is 0 Å². The van der Waals surface area contributed by atoms with Gasteiger partial charge in [-0.05, 0) is 38.5 Å². The number of hydrogen-bond donors (Lipinski definition) is 1. The molecule has 1 heterocycles. The van der Waals surface area contributed by atoms with Crippen LogP contribution in [-0.4, -0.2) is 82.5 Å². The minimum absolute atomic E-state index is 0. The highest BCUT2D eigenvalue weighted by Crippen LogP contribution is 2.25. The summed E-state index contributed by atoms with van der Waals surface area (Å²) in [5.74, 6) is 2.79. The summed E-state index contributed by atoms with van der Waals surface area (Å²) in [4.78, 5) is 9.57. The van der Waals surface area contributed by atoms with Crippen molar-refractivity contribution in [3.8, 4) is 11.5 Å². The molecule has 0 unspecified atom stereocenters. The second-order valence-electron chi connectivity index (χ2n) is 6.73. The van der Waals surface area contributed by atoms with Crippen LogP contribution in [0.15, 0.2) is 23.2 Å². The quantitative estimate of drug-likeness (QED) is 0.222. The number of nitrogens with zero attached hydrogens (tertiary/aromatic N) is 3. The smallest absolute Gasteiger partial charge is 0.194 e. The average molecular weight is 520 g/mol. The molecular weight excluding hydrogens is 483 g/mol. The number of benzene rings is 1. The van der Waals surface area contributed by atoms with E-state index in [1.54, 1.807) is 14.2 Å². The van der Waals surface area contributed by atoms with Crippen molar-refractivity contribution < 1.29 is 14.2 Å². The lowest BCUT2D eigenvalue weighted by Crippen LogP contribution is -2.52. The third kappa shape index (κ3) is 8.55. The van der Waals surface area contributed by atoms with Crippen molar-refractivity contribution in [2.75, 3.05) is 66.7 Å². The Kier molecular flexibility index (Phi) is 13.0. The first kappa shape index (κ1) is 25.8. The molecule has 0 atom stereocenters. The molecule has 0 bridgehead atoms. The molecule has 1 fully saturated rings. The van der Waals surface area contributed by atoms with E-state index < -0.39 is 0 Å². The molecule has 1 saturated heterocycles. The van der Waals surface area contributed by atoms with Gasteiger partial charge in [0, 0.05) is 64.6 Å². The monoisotopic (exact) mass is 520 g/mol. The molecule has 166 valence electrons. The molecule has 1 aliphatic rings. The number of nitrogens with one attached hydrogen (secondary N) is 1. The van der Waals surface area contributed by atoms with Crippen LogP contribution in [0.25, 0.3) is 0 Å². The zero-order chi connectivity index (χ0) is 20.2. The van der Waals surface area contributed by atoms with Crippen molar-refractivity contribution in [3.05, 3.63) is 23.8 Å². The lowest BCUT2D eigenvalue weighted by Gasteiger charge is -2.36. The number of methoxy groups -OCH3 is 2. The van der Waals surface area contributed by atoms with Gasteiger partial charge in [0.05, 0.1) is 14.2 Å². The normalized spacial score (nSPS) is 15.0. The molecule has 1 N–H and O–H groups in total. The SMILES string of the molecule is CCNC(=NCCCOCC)N1CCN(Cc2cc(OC)ccc2OC)CC1.I. The van der Waals surface area contributed by atoms with E-state index >= 15 is 0 Å². The lowest BCUT2D eigenvalue weighted by molar-refractivity contribution is 0.146. The Hall–Kier alpha value is -1.26. The van der Waals surface area contributed by atoms with Gasteiger partial charge in [-0.3, -0.25) is 9.89 Å². The summed E-state index contributed by atoms with van der Waals surface area (Å²) in [5.41, 5.74) is 1.16. The molecule has 1 aliphatic heterocycles. The van der Waals surface area contributed by atoms with Gasteiger partial charge in [0.15, 0.2) is 5.96 Å². The van der Waals surface area contributed by atoms with Crippen LogP contribution < -0.4 is 14.8 Å². The molecule has 0 saturated carbocycles. The van der Waals surface area contributed by atoms with Gasteiger partial charge >= 0.3 is 0 Å². The Bertz CT molecular complexity index is 608. The highest BCUT2D eigenvalue weighted by molar-refractivity contribution is 14.0. The lowest BCUT2D eigenvalue weighted by atomic mass is 10.1. The number of piperazine rings is 1. The Morgan fingerprint density at radius 1 is 1.10 bits per heavy atom. The third-order valence-corrected chi connectivity index (χ3v) is 4.80. The molecule has 0 aliphatic carbocycles. The Morgan fingerprint density at radius 2 is 1.86 bits per heavy atom. The second kappa shape index (κ2) is 14.7. The maximum atomic E-state index is 5.52. The largest absolute Gasteiger partial charge is 0.497 e. The summed E-state index contributed by atoms with van der Waals surface area (Å²) in [7, 11) is 3.41. The van der Waals surface area contributed by atoms with Crippen LogP contribution in [0, 0.1) is 0 Å². The van der Waals surface area contributed by atoms with Gasteiger partial charge in [0.25, 0.3) is 0 Å². The zero-order valence-corrected chi connectivity index (χ0v) is 20.6. The molecule has 29 heavy (non-hydrogen) atoms. The first-order chi connectivity index (χ1) is 13.7. The third-order valence-electron chi connectivity index (χ3n) is 4.80. The fourth-order valence-corrected chi connectivity index (χ4v) is 3.29. The summed E-state index contributed by atoms with van der Waals surface area (Å²) in [6.45, 7) is 12.1. The minimum atomic E-state index is 0. The van der Waals surface area contributed by atoms with E-state index in [1.807, 2.05) is 19.1 Å². The van der Waals surface area contributed by atoms with Crippen molar-refractivity contribution in [1.82, 2.24) is 15.1 Å². The number of aliphatic imine (C=N–C) groups is 1. The first-order valence-electron chi connectivity index (χ1n) is 10.3. The predicted molar refractivity (Wildman–Crippen MR) is 129 cm³/mol. The Balaban J connectivity index is 0.00000420. The zero-order valence-electron chi connectivity index (χ0n) is 18.3. The van der Waals surface area contributed by atoms with Crippen LogP contribution in [0.2, 0.25) is 0 Å². The molecule has 1 aromatic carbocycles. The molecule has 2 rings (SSSR count). The molecule has 0 amide bonds. The molecular formula is C21H37IN4O3. The van der Waals surface area contributed by atoms with Crippen LogP contribution >= 0.6 is 24.0 Å². The highest BCUT2D eigenvalue weighted by atomic mass is 127. The number of halogens is 1. The topological polar surface area (TPSA) is 58.6 Å². The summed E-state index contributed by atoms with van der Waals surface area (Å²) in [5, 5.41) is 3.42. The van der Waals surface area contributed by atoms with Gasteiger partial charge in [-0.2, -0.15) is 0 Å². The van der Waals surface area contributed by atoms with E-state index in [4.69, 9.17) is 19.2 Å².